The summed E-state index contributed by atoms with van der Waals surface area (Å²) >= 11 is 0.557. The Bertz CT molecular complexity index is 2880. The van der Waals surface area contributed by atoms with E-state index < -0.39 is 20.9 Å². The fourth-order valence-corrected chi connectivity index (χ4v) is 9.50. The molecule has 56 heavy (non-hydrogen) atoms. The Hall–Kier alpha value is -3.45. The second-order valence-corrected chi connectivity index (χ2v) is 17.9. The molecule has 0 fully saturated rings. The maximum absolute atomic E-state index is 13.8. The van der Waals surface area contributed by atoms with Crippen LogP contribution in [0.15, 0.2) is 78.0 Å². The van der Waals surface area contributed by atoms with Crippen molar-refractivity contribution < 1.29 is 55.5 Å². The van der Waals surface area contributed by atoms with Gasteiger partial charge in [0, 0.05) is 54.1 Å². The smallest absolute Gasteiger partial charge is 0.773 e. The van der Waals surface area contributed by atoms with Crippen molar-refractivity contribution in [3.63, 3.8) is 0 Å². The van der Waals surface area contributed by atoms with Crippen molar-refractivity contribution in [3.8, 4) is 11.4 Å². The maximum atomic E-state index is 13.8. The number of aryl methyl sites for hydroxylation is 2. The minimum absolute atomic E-state index is 0. The second-order valence-electron chi connectivity index (χ2n) is 14.1. The number of benzene rings is 4. The molecular formula is C40H40F2IN6NaO4S2. The van der Waals surface area contributed by atoms with Crippen molar-refractivity contribution in [1.29, 1.82) is 0 Å². The number of rotatable bonds is 5. The Morgan fingerprint density at radius 3 is 1.57 bits per heavy atom. The van der Waals surface area contributed by atoms with Gasteiger partial charge in [-0.25, -0.2) is 17.2 Å². The molecule has 4 heterocycles. The largest absolute Gasteiger partial charge is 1.00 e. The number of sulfone groups is 1. The molecule has 0 amide bonds. The third-order valence-corrected chi connectivity index (χ3v) is 11.6. The van der Waals surface area contributed by atoms with Gasteiger partial charge in [0.05, 0.1) is 39.4 Å². The van der Waals surface area contributed by atoms with Crippen LogP contribution in [-0.2, 0) is 20.9 Å². The van der Waals surface area contributed by atoms with Gasteiger partial charge in [-0.15, -0.1) is 0 Å². The first-order valence-electron chi connectivity index (χ1n) is 17.3. The van der Waals surface area contributed by atoms with Crippen molar-refractivity contribution in [3.05, 3.63) is 111 Å². The van der Waals surface area contributed by atoms with Gasteiger partial charge in [0.2, 0.25) is 0 Å². The van der Waals surface area contributed by atoms with E-state index in [1.54, 1.807) is 38.2 Å². The van der Waals surface area contributed by atoms with Gasteiger partial charge in [-0.3, -0.25) is 14.4 Å². The van der Waals surface area contributed by atoms with E-state index >= 15 is 0 Å². The van der Waals surface area contributed by atoms with Crippen LogP contribution in [0.25, 0.3) is 55.0 Å². The van der Waals surface area contributed by atoms with Crippen molar-refractivity contribution >= 4 is 87.1 Å². The summed E-state index contributed by atoms with van der Waals surface area (Å²) in [6, 6.07) is 18.2. The average Bonchev–Trinajstić information content (AvgIpc) is 3.88. The Labute approximate surface area is 362 Å². The molecule has 0 aliphatic carbocycles. The summed E-state index contributed by atoms with van der Waals surface area (Å²) in [6.07, 6.45) is 5.85. The van der Waals surface area contributed by atoms with E-state index in [9.17, 15) is 17.2 Å². The Kier molecular flexibility index (Phi) is 13.4. The molecule has 0 bridgehead atoms. The first-order valence-corrected chi connectivity index (χ1v) is 21.8. The molecule has 8 aromatic rings. The molecule has 10 nitrogen and oxygen atoms in total. The summed E-state index contributed by atoms with van der Waals surface area (Å²) in [4.78, 5) is 0.311. The molecule has 4 aromatic carbocycles. The zero-order valence-electron chi connectivity index (χ0n) is 32.5. The molecule has 16 heteroatoms. The Morgan fingerprint density at radius 1 is 0.750 bits per heavy atom. The fourth-order valence-electron chi connectivity index (χ4n) is 6.94. The number of aromatic amines is 2. The van der Waals surface area contributed by atoms with E-state index in [2.05, 4.69) is 73.5 Å². The normalized spacial score (nSPS) is 12.2. The predicted molar refractivity (Wildman–Crippen MR) is 224 cm³/mol. The summed E-state index contributed by atoms with van der Waals surface area (Å²) in [5, 5.41) is 17.9. The van der Waals surface area contributed by atoms with Gasteiger partial charge in [0.25, 0.3) is 0 Å². The number of fused-ring (bicyclic) bond motifs is 4. The molecule has 0 aliphatic rings. The SMILES string of the molecule is CS(=O)[O-].Cc1cc(-n2c(C(C)C)c(I)c3cc4[nH]ncc4cc32)ccc1F.Cc1cc(-n2c(C(C)C)c(S(C)(=O)=O)c3cc4[nH]ncc4cc32)ccc1F.[Na+]. The molecule has 2 N–H and O–H groups in total. The number of aromatic nitrogens is 6. The van der Waals surface area contributed by atoms with Crippen molar-refractivity contribution in [2.24, 2.45) is 0 Å². The van der Waals surface area contributed by atoms with E-state index in [4.69, 9.17) is 8.76 Å². The topological polar surface area (TPSA) is 141 Å². The van der Waals surface area contributed by atoms with Crippen LogP contribution in [0.1, 0.15) is 62.0 Å². The molecule has 8 rings (SSSR count). The number of hydrogen-bond acceptors (Lipinski definition) is 6. The van der Waals surface area contributed by atoms with Gasteiger partial charge in [0.1, 0.15) is 11.6 Å². The molecule has 0 radical (unpaired) electrons. The van der Waals surface area contributed by atoms with E-state index in [0.29, 0.717) is 33.0 Å². The molecule has 4 aromatic heterocycles. The average molecular weight is 921 g/mol. The second kappa shape index (κ2) is 17.2. The van der Waals surface area contributed by atoms with Crippen LogP contribution in [0.2, 0.25) is 0 Å². The quantitative estimate of drug-likeness (QED) is 0.112. The Morgan fingerprint density at radius 2 is 1.16 bits per heavy atom. The monoisotopic (exact) mass is 920 g/mol. The Balaban J connectivity index is 0.000000194. The molecule has 0 saturated carbocycles. The summed E-state index contributed by atoms with van der Waals surface area (Å²) in [6.45, 7) is 11.8. The predicted octanol–water partition coefficient (Wildman–Crippen LogP) is 6.66. The third-order valence-electron chi connectivity index (χ3n) is 9.28. The van der Waals surface area contributed by atoms with E-state index in [1.165, 1.54) is 27.0 Å². The van der Waals surface area contributed by atoms with Gasteiger partial charge >= 0.3 is 29.6 Å². The summed E-state index contributed by atoms with van der Waals surface area (Å²) in [5.41, 5.74) is 8.53. The molecule has 1 atom stereocenters. The van der Waals surface area contributed by atoms with Crippen LogP contribution < -0.4 is 29.6 Å². The summed E-state index contributed by atoms with van der Waals surface area (Å²) in [5.74, 6) is -0.162. The summed E-state index contributed by atoms with van der Waals surface area (Å²) in [7, 11) is -3.49. The first-order chi connectivity index (χ1) is 25.9. The van der Waals surface area contributed by atoms with E-state index in [0.717, 1.165) is 50.5 Å². The van der Waals surface area contributed by atoms with Gasteiger partial charge in [0.15, 0.2) is 9.84 Å². The van der Waals surface area contributed by atoms with Crippen LogP contribution in [0.3, 0.4) is 0 Å². The third kappa shape index (κ3) is 8.54. The summed E-state index contributed by atoms with van der Waals surface area (Å²) < 4.78 is 76.4. The van der Waals surface area contributed by atoms with Gasteiger partial charge in [-0.1, -0.05) is 38.8 Å². The standard InChI is InChI=1S/C20H20FN3O2S.C19H17FIN3.CH4O2S.Na/c1-11(2)19-20(27(4,25)26)15-9-17-13(10-22-23-17)8-18(15)24(19)14-5-6-16(21)12(3)7-14;1-10(2)19-18(21)14-8-16-12(9-22-23-16)7-17(14)24(19)13-4-5-15(20)11(3)6-13;1-4(2)3;/h5-11H,1-4H3,(H,22,23);4-10H,1-3H3,(H,22,23);1H3,(H,2,3);/q;;;+1/p-1. The van der Waals surface area contributed by atoms with Crippen LogP contribution in [-0.4, -0.2) is 59.2 Å². The van der Waals surface area contributed by atoms with Crippen molar-refractivity contribution in [2.75, 3.05) is 12.5 Å². The number of hydrogen-bond donors (Lipinski definition) is 2. The van der Waals surface area contributed by atoms with E-state index in [-0.39, 0.29) is 47.1 Å². The minimum atomic E-state index is -3.49. The maximum Gasteiger partial charge on any atom is 1.00 e. The van der Waals surface area contributed by atoms with E-state index in [1.807, 2.05) is 48.9 Å². The molecule has 288 valence electrons. The minimum Gasteiger partial charge on any atom is -0.773 e. The van der Waals surface area contributed by atoms with Crippen LogP contribution in [0.5, 0.6) is 0 Å². The number of halogens is 3. The first kappa shape index (κ1) is 43.7. The van der Waals surface area contributed by atoms with Gasteiger partial charge in [-0.05, 0) is 126 Å². The fraction of sp³-hybridized carbons (Fsp3) is 0.250. The van der Waals surface area contributed by atoms with Crippen LogP contribution in [0, 0.1) is 29.1 Å². The number of nitrogens with zero attached hydrogens (tertiary/aromatic N) is 4. The number of H-pyrrole nitrogens is 2. The zero-order valence-corrected chi connectivity index (χ0v) is 38.2. The molecule has 0 saturated heterocycles. The molecule has 0 aliphatic heterocycles. The number of nitrogens with one attached hydrogen (secondary N) is 2. The zero-order chi connectivity index (χ0) is 40.1. The molecular weight excluding hydrogens is 881 g/mol. The van der Waals surface area contributed by atoms with Crippen LogP contribution >= 0.6 is 22.6 Å². The van der Waals surface area contributed by atoms with Gasteiger partial charge in [-0.2, -0.15) is 10.2 Å². The van der Waals surface area contributed by atoms with Crippen LogP contribution in [0.4, 0.5) is 8.78 Å². The molecule has 1 unspecified atom stereocenters. The molecule has 0 spiro atoms. The van der Waals surface area contributed by atoms with Crippen molar-refractivity contribution in [1.82, 2.24) is 29.5 Å². The van der Waals surface area contributed by atoms with Gasteiger partial charge < -0.3 is 13.7 Å². The van der Waals surface area contributed by atoms with Crippen molar-refractivity contribution in [2.45, 2.75) is 58.3 Å².